The van der Waals surface area contributed by atoms with Gasteiger partial charge in [-0.15, -0.1) is 0 Å². The lowest BCUT2D eigenvalue weighted by atomic mass is 10.2. The number of aryl methyl sites for hydroxylation is 2. The highest BCUT2D eigenvalue weighted by Gasteiger charge is 2.17. The minimum absolute atomic E-state index is 0.0335. The van der Waals surface area contributed by atoms with Crippen molar-refractivity contribution in [2.24, 2.45) is 0 Å². The minimum Gasteiger partial charge on any atom is -0.474 e. The Bertz CT molecular complexity index is 1030. The zero-order valence-electron chi connectivity index (χ0n) is 13.6. The third kappa shape index (κ3) is 2.03. The van der Waals surface area contributed by atoms with Crippen molar-refractivity contribution < 1.29 is 4.74 Å². The number of nitrogens with zero attached hydrogens (tertiary/aromatic N) is 6. The van der Waals surface area contributed by atoms with E-state index in [2.05, 4.69) is 20.2 Å². The standard InChI is InChI=1S/C16H18N6O/c1-5-21-15-11(8-18-21)14-12(7-17-15)16(23-9(2)3)19-13-6-10(4)20-22(13)14/h6-9H,5H2,1-4H3. The first-order valence-electron chi connectivity index (χ1n) is 7.75. The summed E-state index contributed by atoms with van der Waals surface area (Å²) in [6.07, 6.45) is 3.67. The quantitative estimate of drug-likeness (QED) is 0.582. The highest BCUT2D eigenvalue weighted by molar-refractivity contribution is 6.04. The van der Waals surface area contributed by atoms with Gasteiger partial charge in [0.1, 0.15) is 0 Å². The second-order valence-corrected chi connectivity index (χ2v) is 5.86. The van der Waals surface area contributed by atoms with Gasteiger partial charge in [0.15, 0.2) is 11.3 Å². The lowest BCUT2D eigenvalue weighted by Gasteiger charge is -2.12. The van der Waals surface area contributed by atoms with E-state index >= 15 is 0 Å². The van der Waals surface area contributed by atoms with Crippen LogP contribution in [0, 0.1) is 6.92 Å². The molecule has 0 atom stereocenters. The molecule has 118 valence electrons. The first-order chi connectivity index (χ1) is 11.1. The van der Waals surface area contributed by atoms with Crippen molar-refractivity contribution in [1.29, 1.82) is 0 Å². The summed E-state index contributed by atoms with van der Waals surface area (Å²) in [6.45, 7) is 8.74. The Hall–Kier alpha value is -2.70. The second-order valence-electron chi connectivity index (χ2n) is 5.86. The molecule has 4 heterocycles. The van der Waals surface area contributed by atoms with Gasteiger partial charge in [-0.3, -0.25) is 0 Å². The van der Waals surface area contributed by atoms with E-state index in [1.807, 2.05) is 49.2 Å². The lowest BCUT2D eigenvalue weighted by Crippen LogP contribution is -2.09. The molecule has 4 aromatic rings. The molecule has 0 amide bonds. The summed E-state index contributed by atoms with van der Waals surface area (Å²) < 4.78 is 9.63. The monoisotopic (exact) mass is 310 g/mol. The predicted octanol–water partition coefficient (Wildman–Crippen LogP) is 2.74. The summed E-state index contributed by atoms with van der Waals surface area (Å²) in [5.74, 6) is 0.584. The number of fused-ring (bicyclic) bond motifs is 5. The molecular weight excluding hydrogens is 292 g/mol. The Morgan fingerprint density at radius 1 is 1.22 bits per heavy atom. The van der Waals surface area contributed by atoms with Crippen LogP contribution in [0.15, 0.2) is 18.5 Å². The van der Waals surface area contributed by atoms with Crippen molar-refractivity contribution in [1.82, 2.24) is 29.4 Å². The van der Waals surface area contributed by atoms with Crippen molar-refractivity contribution in [3.63, 3.8) is 0 Å². The smallest absolute Gasteiger partial charge is 0.226 e. The van der Waals surface area contributed by atoms with Crippen LogP contribution in [0.5, 0.6) is 5.88 Å². The molecule has 0 saturated carbocycles. The van der Waals surface area contributed by atoms with E-state index in [9.17, 15) is 0 Å². The SMILES string of the molecule is CCn1ncc2c1ncc1c(OC(C)C)nc3cc(C)nn3c12. The first-order valence-corrected chi connectivity index (χ1v) is 7.75. The molecule has 0 radical (unpaired) electrons. The molecule has 0 aromatic carbocycles. The predicted molar refractivity (Wildman–Crippen MR) is 87.8 cm³/mol. The highest BCUT2D eigenvalue weighted by atomic mass is 16.5. The van der Waals surface area contributed by atoms with Crippen LogP contribution in [0.25, 0.3) is 27.6 Å². The van der Waals surface area contributed by atoms with E-state index in [4.69, 9.17) is 4.74 Å². The van der Waals surface area contributed by atoms with E-state index in [1.54, 1.807) is 6.20 Å². The molecule has 0 spiro atoms. The maximum atomic E-state index is 5.91. The number of rotatable bonds is 3. The van der Waals surface area contributed by atoms with Crippen LogP contribution in [0.3, 0.4) is 0 Å². The van der Waals surface area contributed by atoms with E-state index in [-0.39, 0.29) is 6.10 Å². The minimum atomic E-state index is 0.0335. The van der Waals surface area contributed by atoms with Gasteiger partial charge in [0.25, 0.3) is 0 Å². The van der Waals surface area contributed by atoms with Crippen molar-refractivity contribution in [3.05, 3.63) is 24.2 Å². The first kappa shape index (κ1) is 13.9. The van der Waals surface area contributed by atoms with Crippen molar-refractivity contribution >= 4 is 27.6 Å². The third-order valence-corrected chi connectivity index (χ3v) is 3.76. The molecule has 0 fully saturated rings. The van der Waals surface area contributed by atoms with Gasteiger partial charge in [-0.25, -0.2) is 14.2 Å². The molecule has 0 aliphatic carbocycles. The molecule has 0 bridgehead atoms. The van der Waals surface area contributed by atoms with Crippen molar-refractivity contribution in [2.75, 3.05) is 0 Å². The van der Waals surface area contributed by atoms with Crippen LogP contribution in [0.4, 0.5) is 0 Å². The molecule has 4 aromatic heterocycles. The Morgan fingerprint density at radius 3 is 2.78 bits per heavy atom. The van der Waals surface area contributed by atoms with Gasteiger partial charge in [0, 0.05) is 18.8 Å². The van der Waals surface area contributed by atoms with E-state index in [0.29, 0.717) is 5.88 Å². The Morgan fingerprint density at radius 2 is 2.04 bits per heavy atom. The average Bonchev–Trinajstić information content (AvgIpc) is 3.08. The zero-order valence-corrected chi connectivity index (χ0v) is 13.6. The fourth-order valence-electron chi connectivity index (χ4n) is 2.84. The van der Waals surface area contributed by atoms with Crippen molar-refractivity contribution in [3.8, 4) is 5.88 Å². The van der Waals surface area contributed by atoms with Gasteiger partial charge in [-0.05, 0) is 27.7 Å². The summed E-state index contributed by atoms with van der Waals surface area (Å²) in [6, 6.07) is 1.95. The summed E-state index contributed by atoms with van der Waals surface area (Å²) in [7, 11) is 0. The lowest BCUT2D eigenvalue weighted by molar-refractivity contribution is 0.236. The topological polar surface area (TPSA) is 70.1 Å². The molecule has 7 heteroatoms. The Balaban J connectivity index is 2.19. The molecule has 0 unspecified atom stereocenters. The fraction of sp³-hybridized carbons (Fsp3) is 0.375. The number of aromatic nitrogens is 6. The summed E-state index contributed by atoms with van der Waals surface area (Å²) in [5.41, 5.74) is 3.45. The van der Waals surface area contributed by atoms with Gasteiger partial charge in [0.05, 0.1) is 34.3 Å². The molecule has 4 rings (SSSR count). The maximum Gasteiger partial charge on any atom is 0.226 e. The van der Waals surface area contributed by atoms with Gasteiger partial charge in [0.2, 0.25) is 5.88 Å². The molecule has 0 N–H and O–H groups in total. The van der Waals surface area contributed by atoms with E-state index < -0.39 is 0 Å². The van der Waals surface area contributed by atoms with Gasteiger partial charge < -0.3 is 4.74 Å². The third-order valence-electron chi connectivity index (χ3n) is 3.76. The van der Waals surface area contributed by atoms with Crippen LogP contribution in [0.1, 0.15) is 26.5 Å². The molecular formula is C16H18N6O. The van der Waals surface area contributed by atoms with Gasteiger partial charge in [-0.1, -0.05) is 0 Å². The molecule has 7 nitrogen and oxygen atoms in total. The number of ether oxygens (including phenoxy) is 1. The van der Waals surface area contributed by atoms with Crippen LogP contribution in [0.2, 0.25) is 0 Å². The fourth-order valence-corrected chi connectivity index (χ4v) is 2.84. The average molecular weight is 310 g/mol. The van der Waals surface area contributed by atoms with Crippen LogP contribution >= 0.6 is 0 Å². The van der Waals surface area contributed by atoms with Crippen LogP contribution in [-0.2, 0) is 6.54 Å². The van der Waals surface area contributed by atoms with Crippen LogP contribution < -0.4 is 4.74 Å². The maximum absolute atomic E-state index is 5.91. The summed E-state index contributed by atoms with van der Waals surface area (Å²) >= 11 is 0. The largest absolute Gasteiger partial charge is 0.474 e. The number of pyridine rings is 1. The molecule has 0 aliphatic heterocycles. The Labute approximate surface area is 132 Å². The number of hydrogen-bond acceptors (Lipinski definition) is 5. The number of hydrogen-bond donors (Lipinski definition) is 0. The van der Waals surface area contributed by atoms with Crippen LogP contribution in [-0.4, -0.2) is 35.5 Å². The van der Waals surface area contributed by atoms with Crippen molar-refractivity contribution in [2.45, 2.75) is 40.3 Å². The normalized spacial score (nSPS) is 12.0. The van der Waals surface area contributed by atoms with E-state index in [0.717, 1.165) is 39.8 Å². The summed E-state index contributed by atoms with van der Waals surface area (Å²) in [5, 5.41) is 10.8. The summed E-state index contributed by atoms with van der Waals surface area (Å²) in [4.78, 5) is 9.17. The van der Waals surface area contributed by atoms with E-state index in [1.165, 1.54) is 0 Å². The molecule has 23 heavy (non-hydrogen) atoms. The molecule has 0 saturated heterocycles. The second kappa shape index (κ2) is 4.91. The zero-order chi connectivity index (χ0) is 16.1. The van der Waals surface area contributed by atoms with Gasteiger partial charge in [-0.2, -0.15) is 15.2 Å². The van der Waals surface area contributed by atoms with Gasteiger partial charge >= 0.3 is 0 Å². The molecule has 0 aliphatic rings. The Kier molecular flexibility index (Phi) is 2.97. The highest BCUT2D eigenvalue weighted by Crippen LogP contribution is 2.30.